The Morgan fingerprint density at radius 1 is 0.971 bits per heavy atom. The van der Waals surface area contributed by atoms with Gasteiger partial charge in [0, 0.05) is 13.0 Å². The van der Waals surface area contributed by atoms with E-state index in [9.17, 15) is 35.9 Å². The second-order valence-electron chi connectivity index (χ2n) is 7.15. The van der Waals surface area contributed by atoms with E-state index in [0.29, 0.717) is 16.9 Å². The van der Waals surface area contributed by atoms with Gasteiger partial charge in [-0.15, -0.1) is 0 Å². The summed E-state index contributed by atoms with van der Waals surface area (Å²) in [4.78, 5) is 31.7. The molecule has 0 atom stereocenters. The minimum Gasteiger partial charge on any atom is -0.352 e. The number of rotatable bonds is 9. The Morgan fingerprint density at radius 3 is 2.41 bits per heavy atom. The minimum absolute atomic E-state index is 0.0489. The first-order valence-electron chi connectivity index (χ1n) is 9.79. The highest BCUT2D eigenvalue weighted by Crippen LogP contribution is 2.21. The lowest BCUT2D eigenvalue weighted by atomic mass is 10.2. The summed E-state index contributed by atoms with van der Waals surface area (Å²) in [6.07, 6.45) is -8.03. The third-order valence-corrected chi connectivity index (χ3v) is 4.41. The van der Waals surface area contributed by atoms with Crippen molar-refractivity contribution in [2.45, 2.75) is 51.2 Å². The van der Waals surface area contributed by atoms with Gasteiger partial charge in [0.15, 0.2) is 5.65 Å². The van der Waals surface area contributed by atoms with E-state index < -0.39 is 50.0 Å². The largest absolute Gasteiger partial charge is 0.390 e. The molecule has 184 valence electrons. The summed E-state index contributed by atoms with van der Waals surface area (Å²) in [5.74, 6) is -1.78. The summed E-state index contributed by atoms with van der Waals surface area (Å²) < 4.78 is 76.0. The Hall–Kier alpha value is -3.72. The molecule has 3 rings (SSSR count). The van der Waals surface area contributed by atoms with Crippen LogP contribution in [0.2, 0.25) is 0 Å². The summed E-state index contributed by atoms with van der Waals surface area (Å²) in [6, 6.07) is 1.55. The van der Waals surface area contributed by atoms with E-state index in [1.165, 1.54) is 16.9 Å². The molecule has 16 heteroatoms. The van der Waals surface area contributed by atoms with Gasteiger partial charge in [-0.2, -0.15) is 36.5 Å². The van der Waals surface area contributed by atoms with Gasteiger partial charge in [-0.25, -0.2) is 19.2 Å². The molecule has 3 aromatic rings. The molecule has 0 aliphatic rings. The van der Waals surface area contributed by atoms with E-state index >= 15 is 0 Å². The summed E-state index contributed by atoms with van der Waals surface area (Å²) in [5.41, 5.74) is 1.21. The standard InChI is InChI=1S/C18H18F6N8O2/c19-17(20,21)2-1-14(33)25-6-11-5-13-30-12(9-32(13)28-7-11)8-26-16(34)15-27-10-29-31(15)4-3-18(22,23)24/h5,7,9-10H,1-4,6,8H2,(H,25,33)(H,26,34). The lowest BCUT2D eigenvalue weighted by Crippen LogP contribution is -2.27. The number of imidazole rings is 1. The van der Waals surface area contributed by atoms with Crippen LogP contribution in [0, 0.1) is 0 Å². The number of fused-ring (bicyclic) bond motifs is 1. The lowest BCUT2D eigenvalue weighted by molar-refractivity contribution is -0.144. The number of nitrogens with one attached hydrogen (secondary N) is 2. The topological polar surface area (TPSA) is 119 Å². The zero-order valence-corrected chi connectivity index (χ0v) is 17.3. The molecule has 34 heavy (non-hydrogen) atoms. The molecule has 0 aliphatic carbocycles. The van der Waals surface area contributed by atoms with Gasteiger partial charge in [-0.3, -0.25) is 9.59 Å². The zero-order chi connectivity index (χ0) is 24.9. The summed E-state index contributed by atoms with van der Waals surface area (Å²) >= 11 is 0. The second kappa shape index (κ2) is 10.0. The molecule has 0 aliphatic heterocycles. The predicted molar refractivity (Wildman–Crippen MR) is 102 cm³/mol. The summed E-state index contributed by atoms with van der Waals surface area (Å²) in [7, 11) is 0. The van der Waals surface area contributed by atoms with Gasteiger partial charge < -0.3 is 10.6 Å². The smallest absolute Gasteiger partial charge is 0.352 e. The molecule has 0 saturated carbocycles. The van der Waals surface area contributed by atoms with E-state index in [4.69, 9.17) is 0 Å². The van der Waals surface area contributed by atoms with Crippen molar-refractivity contribution in [3.8, 4) is 0 Å². The van der Waals surface area contributed by atoms with E-state index in [-0.39, 0.29) is 18.9 Å². The fourth-order valence-corrected chi connectivity index (χ4v) is 2.78. The van der Waals surface area contributed by atoms with E-state index in [1.54, 1.807) is 6.07 Å². The molecule has 0 spiro atoms. The minimum atomic E-state index is -4.42. The predicted octanol–water partition coefficient (Wildman–Crippen LogP) is 2.16. The maximum absolute atomic E-state index is 12.4. The summed E-state index contributed by atoms with van der Waals surface area (Å²) in [6.45, 7) is -0.690. The first-order chi connectivity index (χ1) is 15.9. The fraction of sp³-hybridized carbons (Fsp3) is 0.444. The molecule has 0 aromatic carbocycles. The average Bonchev–Trinajstić information content (AvgIpc) is 3.38. The highest BCUT2D eigenvalue weighted by Gasteiger charge is 2.28. The van der Waals surface area contributed by atoms with Crippen LogP contribution < -0.4 is 10.6 Å². The molecule has 3 aromatic heterocycles. The van der Waals surface area contributed by atoms with E-state index in [0.717, 1.165) is 11.0 Å². The van der Waals surface area contributed by atoms with Crippen LogP contribution in [0.15, 0.2) is 24.8 Å². The number of carbonyl (C=O) groups excluding carboxylic acids is 2. The van der Waals surface area contributed by atoms with Crippen molar-refractivity contribution >= 4 is 17.5 Å². The number of nitrogens with zero attached hydrogens (tertiary/aromatic N) is 6. The Labute approximate surface area is 187 Å². The molecule has 2 N–H and O–H groups in total. The first-order valence-corrected chi connectivity index (χ1v) is 9.79. The monoisotopic (exact) mass is 492 g/mol. The van der Waals surface area contributed by atoms with Gasteiger partial charge in [-0.1, -0.05) is 0 Å². The number of alkyl halides is 6. The molecule has 2 amide bonds. The fourth-order valence-electron chi connectivity index (χ4n) is 2.78. The van der Waals surface area contributed by atoms with Gasteiger partial charge in [0.2, 0.25) is 11.7 Å². The first kappa shape index (κ1) is 24.9. The van der Waals surface area contributed by atoms with Crippen molar-refractivity contribution in [1.82, 2.24) is 40.0 Å². The molecule has 0 radical (unpaired) electrons. The quantitative estimate of drug-likeness (QED) is 0.442. The van der Waals surface area contributed by atoms with Crippen LogP contribution >= 0.6 is 0 Å². The van der Waals surface area contributed by atoms with Crippen LogP contribution in [0.3, 0.4) is 0 Å². The van der Waals surface area contributed by atoms with E-state index in [1.807, 2.05) is 0 Å². The number of amides is 2. The Morgan fingerprint density at radius 2 is 1.71 bits per heavy atom. The molecule has 0 saturated heterocycles. The molecular weight excluding hydrogens is 474 g/mol. The highest BCUT2D eigenvalue weighted by atomic mass is 19.4. The number of halogens is 6. The van der Waals surface area contributed by atoms with Crippen LogP contribution in [0.4, 0.5) is 26.3 Å². The highest BCUT2D eigenvalue weighted by molar-refractivity contribution is 5.90. The maximum atomic E-state index is 12.4. The maximum Gasteiger partial charge on any atom is 0.390 e. The van der Waals surface area contributed by atoms with Crippen molar-refractivity contribution in [1.29, 1.82) is 0 Å². The molecule has 0 bridgehead atoms. The molecule has 0 fully saturated rings. The van der Waals surface area contributed by atoms with Gasteiger partial charge in [0.25, 0.3) is 5.91 Å². The Bertz CT molecular complexity index is 1150. The molecule has 0 unspecified atom stereocenters. The number of aromatic nitrogens is 6. The van der Waals surface area contributed by atoms with E-state index in [2.05, 4.69) is 30.8 Å². The SMILES string of the molecule is O=C(CCC(F)(F)F)NCc1cnn2cc(CNC(=O)c3ncnn3CCC(F)(F)F)nc2c1. The van der Waals surface area contributed by atoms with Crippen LogP contribution in [-0.2, 0) is 24.4 Å². The average molecular weight is 492 g/mol. The van der Waals surface area contributed by atoms with Crippen molar-refractivity contribution in [2.75, 3.05) is 0 Å². The van der Waals surface area contributed by atoms with Crippen molar-refractivity contribution in [3.63, 3.8) is 0 Å². The number of aryl methyl sites for hydroxylation is 1. The van der Waals surface area contributed by atoms with Crippen molar-refractivity contribution < 1.29 is 35.9 Å². The van der Waals surface area contributed by atoms with Crippen LogP contribution in [0.25, 0.3) is 5.65 Å². The molecular formula is C18H18F6N8O2. The van der Waals surface area contributed by atoms with Gasteiger partial charge >= 0.3 is 12.4 Å². The van der Waals surface area contributed by atoms with Crippen molar-refractivity contribution in [3.05, 3.63) is 41.9 Å². The third-order valence-electron chi connectivity index (χ3n) is 4.41. The molecule has 3 heterocycles. The Balaban J connectivity index is 1.55. The van der Waals surface area contributed by atoms with Crippen LogP contribution in [0.1, 0.15) is 41.1 Å². The van der Waals surface area contributed by atoms with Crippen LogP contribution in [-0.4, -0.2) is 53.5 Å². The van der Waals surface area contributed by atoms with Crippen LogP contribution in [0.5, 0.6) is 0 Å². The van der Waals surface area contributed by atoms with Gasteiger partial charge in [0.1, 0.15) is 6.33 Å². The molecule has 10 nitrogen and oxygen atoms in total. The second-order valence-corrected chi connectivity index (χ2v) is 7.15. The third kappa shape index (κ3) is 7.41. The number of hydrogen-bond donors (Lipinski definition) is 2. The zero-order valence-electron chi connectivity index (χ0n) is 17.3. The number of hydrogen-bond acceptors (Lipinski definition) is 6. The number of carbonyl (C=O) groups is 2. The normalized spacial score (nSPS) is 12.2. The van der Waals surface area contributed by atoms with Gasteiger partial charge in [-0.05, 0) is 11.6 Å². The lowest BCUT2D eigenvalue weighted by Gasteiger charge is -2.08. The Kier molecular flexibility index (Phi) is 7.36. The van der Waals surface area contributed by atoms with Crippen molar-refractivity contribution in [2.24, 2.45) is 0 Å². The van der Waals surface area contributed by atoms with Gasteiger partial charge in [0.05, 0.1) is 44.0 Å². The summed E-state index contributed by atoms with van der Waals surface area (Å²) in [5, 5.41) is 12.6.